The molecule has 2 saturated heterocycles. The summed E-state index contributed by atoms with van der Waals surface area (Å²) in [5.41, 5.74) is 3.24. The minimum atomic E-state index is -3.03. The topological polar surface area (TPSA) is 66.8 Å². The quantitative estimate of drug-likeness (QED) is 0.823. The molecule has 1 aromatic carbocycles. The third-order valence-corrected chi connectivity index (χ3v) is 7.73. The number of amidine groups is 1. The van der Waals surface area contributed by atoms with Crippen LogP contribution < -0.4 is 4.90 Å². The fraction of sp³-hybridized carbons (Fsp3) is 0.529. The van der Waals surface area contributed by atoms with Gasteiger partial charge in [0, 0.05) is 17.4 Å². The summed E-state index contributed by atoms with van der Waals surface area (Å²) >= 11 is 1.43. The average Bonchev–Trinajstić information content (AvgIpc) is 2.93. The summed E-state index contributed by atoms with van der Waals surface area (Å²) in [6.07, 6.45) is 1.17. The number of hydrogen-bond acceptors (Lipinski definition) is 4. The maximum absolute atomic E-state index is 12.0. The molecular formula is C17H22N2O3S2. The predicted molar refractivity (Wildman–Crippen MR) is 99.6 cm³/mol. The molecular weight excluding hydrogens is 344 g/mol. The third kappa shape index (κ3) is 3.37. The van der Waals surface area contributed by atoms with Crippen molar-refractivity contribution in [3.05, 3.63) is 29.3 Å². The van der Waals surface area contributed by atoms with Crippen LogP contribution in [0.2, 0.25) is 0 Å². The molecule has 2 aliphatic rings. The van der Waals surface area contributed by atoms with E-state index in [1.165, 1.54) is 17.3 Å². The molecule has 2 heterocycles. The molecule has 0 radical (unpaired) electrons. The van der Waals surface area contributed by atoms with Crippen LogP contribution in [0.15, 0.2) is 23.2 Å². The molecule has 0 aliphatic carbocycles. The molecule has 3 rings (SSSR count). The van der Waals surface area contributed by atoms with E-state index < -0.39 is 9.84 Å². The second kappa shape index (κ2) is 6.52. The Balaban J connectivity index is 2.01. The lowest BCUT2D eigenvalue weighted by Gasteiger charge is -2.25. The van der Waals surface area contributed by atoms with Crippen LogP contribution in [-0.4, -0.2) is 42.3 Å². The number of thioether (sulfide) groups is 1. The fourth-order valence-electron chi connectivity index (χ4n) is 3.12. The Morgan fingerprint density at radius 1 is 1.29 bits per heavy atom. The van der Waals surface area contributed by atoms with Gasteiger partial charge in [-0.3, -0.25) is 4.79 Å². The van der Waals surface area contributed by atoms with Gasteiger partial charge in [0.1, 0.15) is 0 Å². The van der Waals surface area contributed by atoms with E-state index in [2.05, 4.69) is 4.99 Å². The van der Waals surface area contributed by atoms with Gasteiger partial charge in [-0.05, 0) is 43.5 Å². The van der Waals surface area contributed by atoms with Gasteiger partial charge in [0.2, 0.25) is 5.91 Å². The molecule has 2 fully saturated rings. The normalized spacial score (nSPS) is 26.8. The lowest BCUT2D eigenvalue weighted by atomic mass is 10.1. The Hall–Kier alpha value is -1.34. The van der Waals surface area contributed by atoms with Crippen molar-refractivity contribution in [3.63, 3.8) is 0 Å². The second-order valence-electron chi connectivity index (χ2n) is 6.48. The second-order valence-corrected chi connectivity index (χ2v) is 9.84. The number of aryl methyl sites for hydroxylation is 2. The van der Waals surface area contributed by atoms with Crippen LogP contribution in [0.3, 0.4) is 0 Å². The van der Waals surface area contributed by atoms with Crippen LogP contribution in [0.4, 0.5) is 5.69 Å². The number of benzene rings is 1. The SMILES string of the molecule is CCCC(=O)N=C1S[C@@H]2CS(=O)(=O)C[C@H]2N1c1ccc(C)c(C)c1. The fourth-order valence-corrected chi connectivity index (χ4v) is 7.05. The number of carbonyl (C=O) groups is 1. The minimum Gasteiger partial charge on any atom is -0.316 e. The number of hydrogen-bond donors (Lipinski definition) is 0. The summed E-state index contributed by atoms with van der Waals surface area (Å²) in [7, 11) is -3.03. The van der Waals surface area contributed by atoms with E-state index in [4.69, 9.17) is 0 Å². The van der Waals surface area contributed by atoms with Crippen molar-refractivity contribution in [2.75, 3.05) is 16.4 Å². The highest BCUT2D eigenvalue weighted by Crippen LogP contribution is 2.41. The molecule has 5 nitrogen and oxygen atoms in total. The summed E-state index contributed by atoms with van der Waals surface area (Å²) < 4.78 is 24.1. The zero-order chi connectivity index (χ0) is 17.5. The molecule has 24 heavy (non-hydrogen) atoms. The van der Waals surface area contributed by atoms with Crippen LogP contribution in [0, 0.1) is 13.8 Å². The summed E-state index contributed by atoms with van der Waals surface area (Å²) in [6.45, 7) is 6.02. The number of anilines is 1. The van der Waals surface area contributed by atoms with E-state index in [1.807, 2.05) is 43.9 Å². The summed E-state index contributed by atoms with van der Waals surface area (Å²) in [4.78, 5) is 18.2. The lowest BCUT2D eigenvalue weighted by Crippen LogP contribution is -2.37. The van der Waals surface area contributed by atoms with Gasteiger partial charge in [-0.15, -0.1) is 0 Å². The third-order valence-electron chi connectivity index (χ3n) is 4.52. The van der Waals surface area contributed by atoms with Gasteiger partial charge in [-0.1, -0.05) is 24.8 Å². The molecule has 1 aromatic rings. The largest absolute Gasteiger partial charge is 0.316 e. The van der Waals surface area contributed by atoms with E-state index in [-0.39, 0.29) is 28.7 Å². The monoisotopic (exact) mass is 366 g/mol. The van der Waals surface area contributed by atoms with E-state index in [9.17, 15) is 13.2 Å². The van der Waals surface area contributed by atoms with Crippen molar-refractivity contribution in [2.24, 2.45) is 4.99 Å². The maximum atomic E-state index is 12.0. The van der Waals surface area contributed by atoms with Crippen LogP contribution in [0.1, 0.15) is 30.9 Å². The molecule has 130 valence electrons. The number of rotatable bonds is 3. The van der Waals surface area contributed by atoms with Crippen LogP contribution in [-0.2, 0) is 14.6 Å². The Kier molecular flexibility index (Phi) is 4.75. The smallest absolute Gasteiger partial charge is 0.248 e. The highest BCUT2D eigenvalue weighted by Gasteiger charge is 2.49. The number of nitrogens with zero attached hydrogens (tertiary/aromatic N) is 2. The van der Waals surface area contributed by atoms with Crippen molar-refractivity contribution < 1.29 is 13.2 Å². The van der Waals surface area contributed by atoms with Crippen LogP contribution in [0.5, 0.6) is 0 Å². The molecule has 1 amide bonds. The zero-order valence-corrected chi connectivity index (χ0v) is 15.8. The first kappa shape index (κ1) is 17.5. The Bertz CT molecular complexity index is 802. The molecule has 0 unspecified atom stereocenters. The number of aliphatic imine (C=N–C) groups is 1. The zero-order valence-electron chi connectivity index (χ0n) is 14.2. The van der Waals surface area contributed by atoms with Crippen molar-refractivity contribution in [2.45, 2.75) is 44.9 Å². The molecule has 0 aromatic heterocycles. The van der Waals surface area contributed by atoms with Gasteiger partial charge >= 0.3 is 0 Å². The van der Waals surface area contributed by atoms with Gasteiger partial charge in [-0.2, -0.15) is 4.99 Å². The number of sulfone groups is 1. The molecule has 7 heteroatoms. The molecule has 2 atom stereocenters. The first-order valence-corrected chi connectivity index (χ1v) is 10.9. The van der Waals surface area contributed by atoms with E-state index in [1.54, 1.807) is 0 Å². The van der Waals surface area contributed by atoms with E-state index >= 15 is 0 Å². The standard InChI is InChI=1S/C17H22N2O3S2/c1-4-5-16(20)18-17-19(13-7-6-11(2)12(3)8-13)14-9-24(21,22)10-15(14)23-17/h6-8,14-15H,4-5,9-10H2,1-3H3/t14-,15-/m1/s1. The van der Waals surface area contributed by atoms with Gasteiger partial charge in [0.25, 0.3) is 0 Å². The van der Waals surface area contributed by atoms with Crippen molar-refractivity contribution in [3.8, 4) is 0 Å². The maximum Gasteiger partial charge on any atom is 0.248 e. The number of carbonyl (C=O) groups excluding carboxylic acids is 1. The summed E-state index contributed by atoms with van der Waals surface area (Å²) in [5.74, 6) is 0.139. The van der Waals surface area contributed by atoms with E-state index in [0.29, 0.717) is 11.6 Å². The van der Waals surface area contributed by atoms with Crippen molar-refractivity contribution in [1.29, 1.82) is 0 Å². The number of amides is 1. The Morgan fingerprint density at radius 2 is 2.04 bits per heavy atom. The van der Waals surface area contributed by atoms with E-state index in [0.717, 1.165) is 17.7 Å². The first-order chi connectivity index (χ1) is 11.3. The number of fused-ring (bicyclic) bond motifs is 1. The van der Waals surface area contributed by atoms with Gasteiger partial charge in [-0.25, -0.2) is 8.42 Å². The lowest BCUT2D eigenvalue weighted by molar-refractivity contribution is -0.117. The molecule has 0 saturated carbocycles. The Labute approximate surface area is 147 Å². The predicted octanol–water partition coefficient (Wildman–Crippen LogP) is 2.70. The molecule has 0 spiro atoms. The van der Waals surface area contributed by atoms with Gasteiger partial charge in [0.15, 0.2) is 15.0 Å². The summed E-state index contributed by atoms with van der Waals surface area (Å²) in [5, 5.41) is 0.589. The van der Waals surface area contributed by atoms with Gasteiger partial charge in [0.05, 0.1) is 17.5 Å². The van der Waals surface area contributed by atoms with Crippen molar-refractivity contribution in [1.82, 2.24) is 0 Å². The van der Waals surface area contributed by atoms with Crippen LogP contribution in [0.25, 0.3) is 0 Å². The molecule has 2 aliphatic heterocycles. The van der Waals surface area contributed by atoms with Crippen LogP contribution >= 0.6 is 11.8 Å². The first-order valence-electron chi connectivity index (χ1n) is 8.16. The molecule has 0 bridgehead atoms. The highest BCUT2D eigenvalue weighted by molar-refractivity contribution is 8.16. The highest BCUT2D eigenvalue weighted by atomic mass is 32.2. The molecule has 0 N–H and O–H groups in total. The average molecular weight is 367 g/mol. The Morgan fingerprint density at radius 3 is 2.71 bits per heavy atom. The summed E-state index contributed by atoms with van der Waals surface area (Å²) in [6, 6.07) is 5.91. The van der Waals surface area contributed by atoms with Gasteiger partial charge < -0.3 is 4.90 Å². The van der Waals surface area contributed by atoms with Crippen molar-refractivity contribution >= 4 is 38.4 Å². The minimum absolute atomic E-state index is 0.0511.